The number of nitrogens with two attached hydrogens (primary N) is 1. The minimum absolute atomic E-state index is 0. The summed E-state index contributed by atoms with van der Waals surface area (Å²) < 4.78 is 0. The van der Waals surface area contributed by atoms with Crippen molar-refractivity contribution in [1.29, 1.82) is 0 Å². The summed E-state index contributed by atoms with van der Waals surface area (Å²) >= 11 is 0. The van der Waals surface area contributed by atoms with Crippen LogP contribution in [0.5, 0.6) is 0 Å². The fraction of sp³-hybridized carbons (Fsp3) is 0.938. The van der Waals surface area contributed by atoms with Crippen LogP contribution in [0.2, 0.25) is 0 Å². The first-order valence-corrected chi connectivity index (χ1v) is 8.38. The molecule has 0 aromatic heterocycles. The van der Waals surface area contributed by atoms with Crippen LogP contribution in [0.25, 0.3) is 0 Å². The SMILES string of the molecule is CN(CCNC(=O)C1CC2CCCC(C1)C2N)C1CC1.Cl.Cl. The third kappa shape index (κ3) is 4.73. The molecule has 130 valence electrons. The van der Waals surface area contributed by atoms with E-state index in [-0.39, 0.29) is 36.6 Å². The molecule has 4 nitrogen and oxygen atoms in total. The lowest BCUT2D eigenvalue weighted by Crippen LogP contribution is -2.49. The van der Waals surface area contributed by atoms with Gasteiger partial charge in [0.05, 0.1) is 0 Å². The van der Waals surface area contributed by atoms with Crippen molar-refractivity contribution in [2.75, 3.05) is 20.1 Å². The monoisotopic (exact) mass is 351 g/mol. The van der Waals surface area contributed by atoms with Crippen LogP contribution in [-0.4, -0.2) is 43.0 Å². The average molecular weight is 352 g/mol. The van der Waals surface area contributed by atoms with Gasteiger partial charge in [-0.15, -0.1) is 24.8 Å². The Kier molecular flexibility index (Phi) is 7.93. The van der Waals surface area contributed by atoms with E-state index < -0.39 is 0 Å². The number of amides is 1. The summed E-state index contributed by atoms with van der Waals surface area (Å²) in [5.41, 5.74) is 6.29. The van der Waals surface area contributed by atoms with Crippen molar-refractivity contribution in [3.63, 3.8) is 0 Å². The molecule has 0 aromatic carbocycles. The van der Waals surface area contributed by atoms with E-state index in [9.17, 15) is 4.79 Å². The summed E-state index contributed by atoms with van der Waals surface area (Å²) in [6.07, 6.45) is 8.45. The maximum Gasteiger partial charge on any atom is 0.223 e. The number of nitrogens with zero attached hydrogens (tertiary/aromatic N) is 1. The summed E-state index contributed by atoms with van der Waals surface area (Å²) in [7, 11) is 2.16. The van der Waals surface area contributed by atoms with Gasteiger partial charge in [-0.05, 0) is 57.4 Å². The van der Waals surface area contributed by atoms with Gasteiger partial charge in [-0.25, -0.2) is 0 Å². The number of fused-ring (bicyclic) bond motifs is 2. The minimum Gasteiger partial charge on any atom is -0.355 e. The Balaban J connectivity index is 0.00000121. The van der Waals surface area contributed by atoms with Crippen LogP contribution >= 0.6 is 24.8 Å². The summed E-state index contributed by atoms with van der Waals surface area (Å²) in [4.78, 5) is 14.7. The molecule has 3 aliphatic rings. The van der Waals surface area contributed by atoms with Gasteiger partial charge in [0.15, 0.2) is 0 Å². The highest BCUT2D eigenvalue weighted by atomic mass is 35.5. The van der Waals surface area contributed by atoms with Crippen molar-refractivity contribution in [2.24, 2.45) is 23.5 Å². The summed E-state index contributed by atoms with van der Waals surface area (Å²) in [6, 6.07) is 1.13. The molecule has 0 aromatic rings. The first kappa shape index (κ1) is 20.0. The van der Waals surface area contributed by atoms with E-state index in [1.807, 2.05) is 0 Å². The average Bonchev–Trinajstić information content (AvgIpc) is 3.22. The summed E-state index contributed by atoms with van der Waals surface area (Å²) in [5.74, 6) is 1.68. The van der Waals surface area contributed by atoms with Gasteiger partial charge in [-0.1, -0.05) is 6.42 Å². The maximum absolute atomic E-state index is 12.3. The molecule has 2 atom stereocenters. The highest BCUT2D eigenvalue weighted by molar-refractivity contribution is 5.85. The van der Waals surface area contributed by atoms with Gasteiger partial charge in [-0.2, -0.15) is 0 Å². The molecule has 2 bridgehead atoms. The molecule has 6 heteroatoms. The molecule has 0 spiro atoms. The van der Waals surface area contributed by atoms with Gasteiger partial charge >= 0.3 is 0 Å². The fourth-order valence-electron chi connectivity index (χ4n) is 4.20. The highest BCUT2D eigenvalue weighted by Gasteiger charge is 2.40. The van der Waals surface area contributed by atoms with Crippen molar-refractivity contribution >= 4 is 30.7 Å². The second-order valence-electron chi connectivity index (χ2n) is 7.20. The predicted molar refractivity (Wildman–Crippen MR) is 94.7 cm³/mol. The van der Waals surface area contributed by atoms with Gasteiger partial charge in [0.1, 0.15) is 0 Å². The van der Waals surface area contributed by atoms with Crippen LogP contribution < -0.4 is 11.1 Å². The lowest BCUT2D eigenvalue weighted by molar-refractivity contribution is -0.127. The molecule has 0 heterocycles. The molecule has 1 amide bonds. The molecule has 0 radical (unpaired) electrons. The van der Waals surface area contributed by atoms with Crippen molar-refractivity contribution in [1.82, 2.24) is 10.2 Å². The van der Waals surface area contributed by atoms with E-state index in [2.05, 4.69) is 17.3 Å². The van der Waals surface area contributed by atoms with Gasteiger partial charge in [0, 0.05) is 31.1 Å². The molecule has 0 saturated heterocycles. The standard InChI is InChI=1S/C16H29N3O.2ClH/c1-19(14-5-6-14)8-7-18-16(20)13-9-11-3-2-4-12(10-13)15(11)17;;/h11-15H,2-10,17H2,1H3,(H,18,20);2*1H. The first-order chi connectivity index (χ1) is 9.65. The fourth-order valence-corrected chi connectivity index (χ4v) is 4.20. The quantitative estimate of drug-likeness (QED) is 0.798. The van der Waals surface area contributed by atoms with Gasteiger partial charge < -0.3 is 16.0 Å². The number of hydrogen-bond donors (Lipinski definition) is 2. The molecule has 3 saturated carbocycles. The van der Waals surface area contributed by atoms with Crippen LogP contribution in [0.15, 0.2) is 0 Å². The Morgan fingerprint density at radius 1 is 1.14 bits per heavy atom. The maximum atomic E-state index is 12.3. The summed E-state index contributed by atoms with van der Waals surface area (Å²) in [5, 5.41) is 3.15. The second-order valence-corrected chi connectivity index (χ2v) is 7.20. The number of likely N-dealkylation sites (N-methyl/N-ethyl adjacent to an activating group) is 1. The van der Waals surface area contributed by atoms with Crippen LogP contribution in [0.4, 0.5) is 0 Å². The number of carbonyl (C=O) groups is 1. The van der Waals surface area contributed by atoms with E-state index in [1.165, 1.54) is 32.1 Å². The molecule has 0 aliphatic heterocycles. The molecule has 3 aliphatic carbocycles. The Labute approximate surface area is 146 Å². The zero-order valence-corrected chi connectivity index (χ0v) is 15.1. The highest BCUT2D eigenvalue weighted by Crippen LogP contribution is 2.41. The Bertz CT molecular complexity index is 351. The van der Waals surface area contributed by atoms with Crippen molar-refractivity contribution in [3.8, 4) is 0 Å². The lowest BCUT2D eigenvalue weighted by Gasteiger charge is -2.43. The third-order valence-corrected chi connectivity index (χ3v) is 5.72. The molecule has 22 heavy (non-hydrogen) atoms. The number of rotatable bonds is 5. The molecular weight excluding hydrogens is 321 g/mol. The topological polar surface area (TPSA) is 58.4 Å². The third-order valence-electron chi connectivity index (χ3n) is 5.72. The zero-order chi connectivity index (χ0) is 14.1. The van der Waals surface area contributed by atoms with Crippen molar-refractivity contribution in [2.45, 2.75) is 57.0 Å². The van der Waals surface area contributed by atoms with Gasteiger partial charge in [0.25, 0.3) is 0 Å². The largest absolute Gasteiger partial charge is 0.355 e. The second kappa shape index (κ2) is 8.72. The number of nitrogens with one attached hydrogen (secondary N) is 1. The number of carbonyl (C=O) groups excluding carboxylic acids is 1. The van der Waals surface area contributed by atoms with Crippen LogP contribution in [0.1, 0.15) is 44.9 Å². The van der Waals surface area contributed by atoms with Crippen LogP contribution in [0.3, 0.4) is 0 Å². The lowest BCUT2D eigenvalue weighted by atomic mass is 9.65. The van der Waals surface area contributed by atoms with Crippen LogP contribution in [-0.2, 0) is 4.79 Å². The number of hydrogen-bond acceptors (Lipinski definition) is 3. The smallest absolute Gasteiger partial charge is 0.223 e. The van der Waals surface area contributed by atoms with E-state index in [0.717, 1.165) is 32.0 Å². The minimum atomic E-state index is 0. The molecule has 2 unspecified atom stereocenters. The molecule has 3 fully saturated rings. The van der Waals surface area contributed by atoms with Crippen molar-refractivity contribution < 1.29 is 4.79 Å². The van der Waals surface area contributed by atoms with Gasteiger partial charge in [-0.3, -0.25) is 4.79 Å². The molecule has 3 N–H and O–H groups in total. The summed E-state index contributed by atoms with van der Waals surface area (Å²) in [6.45, 7) is 1.78. The first-order valence-electron chi connectivity index (χ1n) is 8.38. The van der Waals surface area contributed by atoms with E-state index >= 15 is 0 Å². The van der Waals surface area contributed by atoms with E-state index in [4.69, 9.17) is 5.73 Å². The Morgan fingerprint density at radius 3 is 2.27 bits per heavy atom. The normalized spacial score (nSPS) is 33.6. The van der Waals surface area contributed by atoms with Crippen LogP contribution in [0, 0.1) is 17.8 Å². The predicted octanol–water partition coefficient (Wildman–Crippen LogP) is 2.19. The number of halogens is 2. The Morgan fingerprint density at radius 2 is 1.73 bits per heavy atom. The zero-order valence-electron chi connectivity index (χ0n) is 13.5. The van der Waals surface area contributed by atoms with E-state index in [0.29, 0.717) is 17.9 Å². The molecule has 3 rings (SSSR count). The molecular formula is C16H31Cl2N3O. The Hall–Kier alpha value is -0.0300. The van der Waals surface area contributed by atoms with Gasteiger partial charge in [0.2, 0.25) is 5.91 Å². The van der Waals surface area contributed by atoms with E-state index in [1.54, 1.807) is 0 Å². The van der Waals surface area contributed by atoms with Crippen molar-refractivity contribution in [3.05, 3.63) is 0 Å².